The number of ether oxygens (including phenoxy) is 2. The molecule has 0 radical (unpaired) electrons. The van der Waals surface area contributed by atoms with Gasteiger partial charge in [-0.1, -0.05) is 32.1 Å². The zero-order chi connectivity index (χ0) is 44.4. The van der Waals surface area contributed by atoms with Crippen LogP contribution in [0.4, 0.5) is 34.5 Å². The molecule has 2 aromatic heterocycles. The monoisotopic (exact) mass is 856 g/mol. The van der Waals surface area contributed by atoms with Crippen LogP contribution in [0.5, 0.6) is 17.2 Å². The van der Waals surface area contributed by atoms with Crippen LogP contribution in [-0.2, 0) is 9.53 Å². The maximum Gasteiger partial charge on any atom is 0.344 e. The number of hydrogen-bond donors (Lipinski definition) is 5. The fourth-order valence-corrected chi connectivity index (χ4v) is 8.29. The second kappa shape index (κ2) is 18.0. The summed E-state index contributed by atoms with van der Waals surface area (Å²) in [6.45, 7) is 8.24. The molecular weight excluding hydrogens is 805 g/mol. The number of para-hydroxylation sites is 1. The highest BCUT2D eigenvalue weighted by atomic mass is 16.5. The van der Waals surface area contributed by atoms with E-state index in [4.69, 9.17) is 14.5 Å². The van der Waals surface area contributed by atoms with E-state index in [0.717, 1.165) is 17.1 Å². The van der Waals surface area contributed by atoms with E-state index < -0.39 is 5.69 Å². The van der Waals surface area contributed by atoms with Crippen molar-refractivity contribution in [1.29, 1.82) is 0 Å². The molecular formula is C46H52N10O7. The summed E-state index contributed by atoms with van der Waals surface area (Å²) in [6.07, 6.45) is 8.95. The quantitative estimate of drug-likeness (QED) is 0.0805. The maximum atomic E-state index is 13.3. The molecule has 1 fully saturated rings. The van der Waals surface area contributed by atoms with Crippen molar-refractivity contribution < 1.29 is 29.3 Å². The number of nitrogens with one attached hydrogen (secondary N) is 3. The van der Waals surface area contributed by atoms with E-state index in [9.17, 15) is 24.6 Å². The van der Waals surface area contributed by atoms with E-state index in [1.807, 2.05) is 87.3 Å². The van der Waals surface area contributed by atoms with Gasteiger partial charge in [-0.15, -0.1) is 0 Å². The highest BCUT2D eigenvalue weighted by molar-refractivity contribution is 6.13. The first-order chi connectivity index (χ1) is 30.4. The van der Waals surface area contributed by atoms with Gasteiger partial charge in [0.2, 0.25) is 11.9 Å². The summed E-state index contributed by atoms with van der Waals surface area (Å²) in [5.41, 5.74) is 4.18. The Hall–Kier alpha value is -7.30. The number of hydrogen-bond acceptors (Lipinski definition) is 13. The van der Waals surface area contributed by atoms with E-state index in [0.29, 0.717) is 91.2 Å². The fourth-order valence-electron chi connectivity index (χ4n) is 8.29. The van der Waals surface area contributed by atoms with Crippen molar-refractivity contribution in [1.82, 2.24) is 30.0 Å². The van der Waals surface area contributed by atoms with E-state index in [1.54, 1.807) is 30.3 Å². The van der Waals surface area contributed by atoms with Gasteiger partial charge in [-0.05, 0) is 74.1 Å². The molecule has 328 valence electrons. The van der Waals surface area contributed by atoms with Crippen molar-refractivity contribution in [3.63, 3.8) is 0 Å². The number of aromatic nitrogens is 5. The number of anilines is 6. The molecule has 1 unspecified atom stereocenters. The second-order valence-corrected chi connectivity index (χ2v) is 16.1. The third-order valence-corrected chi connectivity index (χ3v) is 11.7. The molecule has 4 heterocycles. The largest absolute Gasteiger partial charge is 0.508 e. The van der Waals surface area contributed by atoms with Gasteiger partial charge in [0.15, 0.2) is 11.6 Å². The Morgan fingerprint density at radius 2 is 1.76 bits per heavy atom. The van der Waals surface area contributed by atoms with Gasteiger partial charge >= 0.3 is 5.69 Å². The van der Waals surface area contributed by atoms with Gasteiger partial charge in [0.05, 0.1) is 42.2 Å². The number of piperidine rings is 1. The first-order valence-corrected chi connectivity index (χ1v) is 21.2. The van der Waals surface area contributed by atoms with Crippen molar-refractivity contribution >= 4 is 46.3 Å². The van der Waals surface area contributed by atoms with Crippen LogP contribution < -0.4 is 35.8 Å². The lowest BCUT2D eigenvalue weighted by molar-refractivity contribution is -0.125. The first kappa shape index (κ1) is 42.4. The number of fused-ring (bicyclic) bond motifs is 2. The molecule has 1 saturated heterocycles. The molecule has 0 spiro atoms. The van der Waals surface area contributed by atoms with Crippen molar-refractivity contribution in [2.45, 2.75) is 52.0 Å². The molecule has 5 N–H and O–H groups in total. The van der Waals surface area contributed by atoms with Gasteiger partial charge in [-0.25, -0.2) is 14.9 Å². The number of phenols is 2. The number of amides is 2. The zero-order valence-electron chi connectivity index (χ0n) is 36.0. The smallest absolute Gasteiger partial charge is 0.344 e. The highest BCUT2D eigenvalue weighted by Crippen LogP contribution is 2.40. The number of phenolic OH excluding ortho intramolecular Hbond substituents is 2. The minimum atomic E-state index is -0.424. The number of carbonyl (C=O) groups excluding carboxylic acids is 2. The van der Waals surface area contributed by atoms with Gasteiger partial charge in [-0.3, -0.25) is 14.2 Å². The second-order valence-electron chi connectivity index (χ2n) is 16.1. The Bertz CT molecular complexity index is 2650. The van der Waals surface area contributed by atoms with Crippen LogP contribution in [0.15, 0.2) is 89.6 Å². The summed E-state index contributed by atoms with van der Waals surface area (Å²) in [5, 5.41) is 34.0. The third-order valence-electron chi connectivity index (χ3n) is 11.7. The minimum Gasteiger partial charge on any atom is -0.508 e. The molecule has 17 heteroatoms. The van der Waals surface area contributed by atoms with Crippen LogP contribution in [0.3, 0.4) is 0 Å². The minimum absolute atomic E-state index is 0.0112. The van der Waals surface area contributed by atoms with E-state index >= 15 is 0 Å². The average molecular weight is 857 g/mol. The molecule has 3 aliphatic rings. The van der Waals surface area contributed by atoms with Crippen LogP contribution in [0.25, 0.3) is 11.4 Å². The molecule has 5 aromatic rings. The molecule has 2 amide bonds. The van der Waals surface area contributed by atoms with Crippen LogP contribution in [0, 0.1) is 5.92 Å². The molecule has 2 aliphatic heterocycles. The van der Waals surface area contributed by atoms with Crippen molar-refractivity contribution in [3.8, 4) is 28.6 Å². The number of allylic oxidation sites excluding steroid dienone is 3. The Morgan fingerprint density at radius 1 is 0.968 bits per heavy atom. The summed E-state index contributed by atoms with van der Waals surface area (Å²) in [7, 11) is 3.61. The van der Waals surface area contributed by atoms with Crippen molar-refractivity contribution in [3.05, 3.63) is 106 Å². The zero-order valence-corrected chi connectivity index (χ0v) is 36.0. The number of H-pyrrole nitrogens is 1. The Morgan fingerprint density at radius 3 is 2.51 bits per heavy atom. The van der Waals surface area contributed by atoms with Crippen LogP contribution >= 0.6 is 0 Å². The van der Waals surface area contributed by atoms with E-state index in [-0.39, 0.29) is 53.6 Å². The Labute approximate surface area is 364 Å². The standard InChI is InChI=1S/C46H52N10O7/c1-6-62-33-22-29(49-45-48-26-38-42(50-45)53(4)37-10-8-7-9-34(37)44(60)54(38)5)21-31(23-33)55-18-15-28(16-19-55)43(59)47-17-20-63-32-13-11-30(12-14-32)56-41(51-52-46(56)61)36-24-35(27(2)3)39(57)25-40(36)58/h7-11,13-14,21-28,30,57-58H,6,12,15-20H2,1-5H3,(H,47,59)(H,52,61)(H,48,49,50). The van der Waals surface area contributed by atoms with Gasteiger partial charge in [0.1, 0.15) is 35.3 Å². The van der Waals surface area contributed by atoms with Crippen LogP contribution in [-0.4, -0.2) is 93.7 Å². The number of aromatic hydroxyl groups is 2. The van der Waals surface area contributed by atoms with Crippen LogP contribution in [0.2, 0.25) is 0 Å². The third kappa shape index (κ3) is 8.76. The normalized spacial score (nSPS) is 16.3. The van der Waals surface area contributed by atoms with Gasteiger partial charge in [-0.2, -0.15) is 10.1 Å². The molecule has 63 heavy (non-hydrogen) atoms. The number of carbonyl (C=O) groups is 2. The lowest BCUT2D eigenvalue weighted by atomic mass is 9.95. The number of rotatable bonds is 13. The summed E-state index contributed by atoms with van der Waals surface area (Å²) < 4.78 is 13.4. The van der Waals surface area contributed by atoms with Crippen molar-refractivity contribution in [2.24, 2.45) is 5.92 Å². The summed E-state index contributed by atoms with van der Waals surface area (Å²) in [5.74, 6) is 2.04. The molecule has 3 aromatic carbocycles. The molecule has 0 saturated carbocycles. The number of benzene rings is 3. The maximum absolute atomic E-state index is 13.3. The summed E-state index contributed by atoms with van der Waals surface area (Å²) in [4.78, 5) is 54.5. The number of nitrogens with zero attached hydrogens (tertiary/aromatic N) is 7. The lowest BCUT2D eigenvalue weighted by Crippen LogP contribution is -2.41. The fraction of sp³-hybridized carbons (Fsp3) is 0.348. The molecule has 0 bridgehead atoms. The molecule has 17 nitrogen and oxygen atoms in total. The lowest BCUT2D eigenvalue weighted by Gasteiger charge is -2.33. The SMILES string of the molecule is CCOc1cc(Nc2ncc3c(n2)N(C)c2ccccc2C(=O)N3C)cc(N2CCC(C(=O)NCCOC3=CCC(n4c(-c5cc(C(C)C)c(O)cc5O)n[nH]c4=O)C=C3)CC2)c1. The Balaban J connectivity index is 0.839. The molecule has 1 atom stereocenters. The molecule has 1 aliphatic carbocycles. The Kier molecular flexibility index (Phi) is 12.1. The molecule has 8 rings (SSSR count). The predicted octanol–water partition coefficient (Wildman–Crippen LogP) is 6.50. The van der Waals surface area contributed by atoms with Gasteiger partial charge < -0.3 is 45.0 Å². The van der Waals surface area contributed by atoms with Gasteiger partial charge in [0.25, 0.3) is 5.91 Å². The topological polar surface area (TPSA) is 203 Å². The van der Waals surface area contributed by atoms with E-state index in [2.05, 4.69) is 30.7 Å². The first-order valence-electron chi connectivity index (χ1n) is 21.2. The van der Waals surface area contributed by atoms with Crippen molar-refractivity contribution in [2.75, 3.05) is 67.0 Å². The summed E-state index contributed by atoms with van der Waals surface area (Å²) >= 11 is 0. The summed E-state index contributed by atoms with van der Waals surface area (Å²) in [6, 6.07) is 15.9. The highest BCUT2D eigenvalue weighted by Gasteiger charge is 2.30. The van der Waals surface area contributed by atoms with Gasteiger partial charge in [0, 0.05) is 62.7 Å². The average Bonchev–Trinajstić information content (AvgIpc) is 3.64. The van der Waals surface area contributed by atoms with E-state index in [1.165, 1.54) is 10.6 Å². The predicted molar refractivity (Wildman–Crippen MR) is 241 cm³/mol. The van der Waals surface area contributed by atoms with Crippen LogP contribution in [0.1, 0.15) is 67.9 Å². The number of aromatic amines is 1.